The average molecular weight is 476 g/mol. The van der Waals surface area contributed by atoms with E-state index in [4.69, 9.17) is 9.73 Å². The summed E-state index contributed by atoms with van der Waals surface area (Å²) in [6, 6.07) is 7.60. The maximum absolute atomic E-state index is 13.5. The maximum Gasteiger partial charge on any atom is 0.233 e. The van der Waals surface area contributed by atoms with Gasteiger partial charge >= 0.3 is 0 Å². The molecule has 184 valence electrons. The van der Waals surface area contributed by atoms with Crippen LogP contribution in [0.4, 0.5) is 0 Å². The molecular weight excluding hydrogens is 434 g/mol. The second-order valence-corrected chi connectivity index (χ2v) is 14.3. The number of ether oxygens (including phenoxy) is 1. The third-order valence-electron chi connectivity index (χ3n) is 6.25. The number of hydrogen-bond donors (Lipinski definition) is 0. The molecule has 0 bridgehead atoms. The lowest BCUT2D eigenvalue weighted by molar-refractivity contribution is 0.263. The van der Waals surface area contributed by atoms with Crippen LogP contribution in [0.25, 0.3) is 0 Å². The number of amidine groups is 1. The first kappa shape index (κ1) is 25.8. The Bertz CT molecular complexity index is 1050. The maximum atomic E-state index is 13.5. The first-order valence-electron chi connectivity index (χ1n) is 11.7. The standard InChI is InChI=1S/C26H41N3O3S/c1-24(2,3)21-20-16-28(15-18-11-13-19(32-10)14-12-18)33(30,31)17-29(20)23(26(7,8)9)27-22(21)25(4,5)6/h11-14,22H,15-17H2,1-10H3. The van der Waals surface area contributed by atoms with Crippen molar-refractivity contribution in [3.05, 3.63) is 41.1 Å². The molecule has 1 aromatic carbocycles. The number of sulfonamides is 1. The molecule has 0 radical (unpaired) electrons. The lowest BCUT2D eigenvalue weighted by Gasteiger charge is -2.50. The Morgan fingerprint density at radius 1 is 0.970 bits per heavy atom. The first-order chi connectivity index (χ1) is 14.9. The van der Waals surface area contributed by atoms with Gasteiger partial charge in [0.25, 0.3) is 0 Å². The molecule has 7 heteroatoms. The highest BCUT2D eigenvalue weighted by Crippen LogP contribution is 2.46. The number of aliphatic imine (C=N–C) groups is 1. The molecule has 1 atom stereocenters. The molecular formula is C26H41N3O3S. The minimum atomic E-state index is -3.51. The molecule has 0 amide bonds. The Kier molecular flexibility index (Phi) is 6.57. The van der Waals surface area contributed by atoms with E-state index in [0.29, 0.717) is 13.1 Å². The van der Waals surface area contributed by atoms with Gasteiger partial charge in [-0.15, -0.1) is 0 Å². The lowest BCUT2D eigenvalue weighted by atomic mass is 9.70. The smallest absolute Gasteiger partial charge is 0.233 e. The summed E-state index contributed by atoms with van der Waals surface area (Å²) in [5.74, 6) is 1.54. The molecule has 1 unspecified atom stereocenters. The molecule has 0 spiro atoms. The predicted molar refractivity (Wildman–Crippen MR) is 136 cm³/mol. The molecule has 3 rings (SSSR count). The number of methoxy groups -OCH3 is 1. The third kappa shape index (κ3) is 5.29. The summed E-state index contributed by atoms with van der Waals surface area (Å²) in [6.45, 7) is 20.3. The minimum absolute atomic E-state index is 0.0124. The van der Waals surface area contributed by atoms with E-state index in [-0.39, 0.29) is 28.2 Å². The highest BCUT2D eigenvalue weighted by atomic mass is 32.2. The highest BCUT2D eigenvalue weighted by Gasteiger charge is 2.47. The van der Waals surface area contributed by atoms with E-state index in [9.17, 15) is 8.42 Å². The first-order valence-corrected chi connectivity index (χ1v) is 13.3. The summed E-state index contributed by atoms with van der Waals surface area (Å²) in [4.78, 5) is 7.23. The number of rotatable bonds is 3. The van der Waals surface area contributed by atoms with Crippen molar-refractivity contribution in [3.8, 4) is 5.75 Å². The van der Waals surface area contributed by atoms with E-state index in [2.05, 4.69) is 62.3 Å². The second kappa shape index (κ2) is 8.42. The van der Waals surface area contributed by atoms with E-state index in [1.54, 1.807) is 11.4 Å². The monoisotopic (exact) mass is 475 g/mol. The summed E-state index contributed by atoms with van der Waals surface area (Å²) in [7, 11) is -1.88. The fraction of sp³-hybridized carbons (Fsp3) is 0.654. The highest BCUT2D eigenvalue weighted by molar-refractivity contribution is 7.89. The zero-order chi connectivity index (χ0) is 25.0. The Morgan fingerprint density at radius 2 is 1.55 bits per heavy atom. The van der Waals surface area contributed by atoms with Crippen molar-refractivity contribution in [3.63, 3.8) is 0 Å². The van der Waals surface area contributed by atoms with Crippen LogP contribution in [0.2, 0.25) is 0 Å². The predicted octanol–water partition coefficient (Wildman–Crippen LogP) is 5.27. The molecule has 0 saturated carbocycles. The van der Waals surface area contributed by atoms with Gasteiger partial charge in [-0.05, 0) is 34.1 Å². The zero-order valence-electron chi connectivity index (χ0n) is 22.0. The number of hydrogen-bond acceptors (Lipinski definition) is 5. The van der Waals surface area contributed by atoms with E-state index in [1.165, 1.54) is 5.57 Å². The zero-order valence-corrected chi connectivity index (χ0v) is 22.8. The largest absolute Gasteiger partial charge is 0.497 e. The van der Waals surface area contributed by atoms with Crippen molar-refractivity contribution < 1.29 is 13.2 Å². The lowest BCUT2D eigenvalue weighted by Crippen LogP contribution is -2.57. The van der Waals surface area contributed by atoms with E-state index < -0.39 is 10.0 Å². The van der Waals surface area contributed by atoms with Gasteiger partial charge in [0.1, 0.15) is 17.5 Å². The Labute approximate surface area is 200 Å². The molecule has 0 N–H and O–H groups in total. The fourth-order valence-electron chi connectivity index (χ4n) is 4.66. The van der Waals surface area contributed by atoms with Gasteiger partial charge < -0.3 is 9.64 Å². The van der Waals surface area contributed by atoms with Crippen molar-refractivity contribution in [1.29, 1.82) is 0 Å². The Morgan fingerprint density at radius 3 is 2.00 bits per heavy atom. The molecule has 2 aliphatic heterocycles. The van der Waals surface area contributed by atoms with Gasteiger partial charge in [-0.3, -0.25) is 4.99 Å². The van der Waals surface area contributed by atoms with Crippen LogP contribution in [0.5, 0.6) is 5.75 Å². The molecule has 0 aliphatic carbocycles. The van der Waals surface area contributed by atoms with E-state index in [1.807, 2.05) is 29.2 Å². The fourth-order valence-corrected chi connectivity index (χ4v) is 6.10. The summed E-state index contributed by atoms with van der Waals surface area (Å²) in [6.07, 6.45) is 0. The topological polar surface area (TPSA) is 62.2 Å². The number of fused-ring (bicyclic) bond motifs is 1. The van der Waals surface area contributed by atoms with Gasteiger partial charge in [0.05, 0.1) is 19.7 Å². The van der Waals surface area contributed by atoms with E-state index >= 15 is 0 Å². The second-order valence-electron chi connectivity index (χ2n) is 12.4. The van der Waals surface area contributed by atoms with Crippen LogP contribution in [0.15, 0.2) is 40.5 Å². The number of nitrogens with zero attached hydrogens (tertiary/aromatic N) is 3. The van der Waals surface area contributed by atoms with Gasteiger partial charge in [0.2, 0.25) is 10.0 Å². The molecule has 6 nitrogen and oxygen atoms in total. The van der Waals surface area contributed by atoms with Crippen molar-refractivity contribution in [2.75, 3.05) is 19.5 Å². The third-order valence-corrected chi connectivity index (χ3v) is 7.88. The van der Waals surface area contributed by atoms with Crippen LogP contribution >= 0.6 is 0 Å². The van der Waals surface area contributed by atoms with Crippen molar-refractivity contribution in [2.45, 2.75) is 74.9 Å². The van der Waals surface area contributed by atoms with Crippen molar-refractivity contribution in [2.24, 2.45) is 21.2 Å². The summed E-state index contributed by atoms with van der Waals surface area (Å²) >= 11 is 0. The quantitative estimate of drug-likeness (QED) is 0.597. The average Bonchev–Trinajstić information content (AvgIpc) is 2.65. The van der Waals surface area contributed by atoms with E-state index in [0.717, 1.165) is 22.8 Å². The van der Waals surface area contributed by atoms with Crippen LogP contribution in [0.1, 0.15) is 67.9 Å². The molecule has 0 aromatic heterocycles. The minimum Gasteiger partial charge on any atom is -0.497 e. The van der Waals surface area contributed by atoms with Crippen LogP contribution in [0, 0.1) is 16.2 Å². The van der Waals surface area contributed by atoms with Gasteiger partial charge in [-0.1, -0.05) is 74.4 Å². The molecule has 1 saturated heterocycles. The summed E-state index contributed by atoms with van der Waals surface area (Å²) in [5.41, 5.74) is 2.76. The van der Waals surface area contributed by atoms with Crippen molar-refractivity contribution >= 4 is 15.9 Å². The molecule has 1 aromatic rings. The number of benzene rings is 1. The van der Waals surface area contributed by atoms with Crippen molar-refractivity contribution in [1.82, 2.24) is 9.21 Å². The van der Waals surface area contributed by atoms with Gasteiger partial charge in [0, 0.05) is 17.7 Å². The molecule has 33 heavy (non-hydrogen) atoms. The SMILES string of the molecule is COc1ccc(CN2CC3=C(C(C)(C)C)C(C(C)(C)C)N=C(C(C)(C)C)N3CS2(=O)=O)cc1. The van der Waals surface area contributed by atoms with Gasteiger partial charge in [-0.25, -0.2) is 8.42 Å². The summed E-state index contributed by atoms with van der Waals surface area (Å²) < 4.78 is 33.8. The molecule has 2 aliphatic rings. The van der Waals surface area contributed by atoms with Crippen LogP contribution < -0.4 is 4.74 Å². The molecule has 1 fully saturated rings. The van der Waals surface area contributed by atoms with Crippen LogP contribution in [-0.2, 0) is 16.6 Å². The Balaban J connectivity index is 2.13. The van der Waals surface area contributed by atoms with Gasteiger partial charge in [0.15, 0.2) is 0 Å². The Hall–Kier alpha value is -1.86. The van der Waals surface area contributed by atoms with Crippen LogP contribution in [-0.4, -0.2) is 49.0 Å². The van der Waals surface area contributed by atoms with Crippen LogP contribution in [0.3, 0.4) is 0 Å². The normalized spacial score (nSPS) is 22.2. The summed E-state index contributed by atoms with van der Waals surface area (Å²) in [5, 5.41) is 0. The molecule has 2 heterocycles. The van der Waals surface area contributed by atoms with Gasteiger partial charge in [-0.2, -0.15) is 4.31 Å².